The van der Waals surface area contributed by atoms with Gasteiger partial charge in [0, 0.05) is 41.0 Å². The van der Waals surface area contributed by atoms with Crippen molar-refractivity contribution in [2.45, 2.75) is 17.5 Å². The Morgan fingerprint density at radius 1 is 1.09 bits per heavy atom. The Balaban J connectivity index is 0.000000360. The highest BCUT2D eigenvalue weighted by Crippen LogP contribution is 2.27. The lowest BCUT2D eigenvalue weighted by Gasteiger charge is -2.10. The molecule has 11 heteroatoms. The Morgan fingerprint density at radius 2 is 1.78 bits per heavy atom. The van der Waals surface area contributed by atoms with E-state index in [2.05, 4.69) is 15.3 Å². The number of aliphatic carboxylic acids is 1. The standard InChI is InChI=1S/C19H15N3O2S.C2HF3O2/c23-18-14-11-16(22-15(14)7-9-21-18)12-6-8-20-17(10-12)19(24)25-13-4-2-1-3-5-13;3-2(4,5)1(6)7/h1-6,8,10-11,22H,7,9H2,(H,21,23);(H,6,7). The lowest BCUT2D eigenvalue weighted by molar-refractivity contribution is -0.192. The van der Waals surface area contributed by atoms with Crippen molar-refractivity contribution in [3.8, 4) is 11.3 Å². The number of rotatable bonds is 3. The molecule has 0 bridgehead atoms. The number of H-pyrrole nitrogens is 1. The number of halogens is 3. The topological polar surface area (TPSA) is 112 Å². The SMILES string of the molecule is O=C(O)C(F)(F)F.O=C(Sc1ccccc1)c1cc(-c2cc3c([nH]2)CCNC3=O)ccn1. The van der Waals surface area contributed by atoms with Crippen molar-refractivity contribution < 1.29 is 32.7 Å². The lowest BCUT2D eigenvalue weighted by atomic mass is 10.1. The molecule has 0 saturated heterocycles. The van der Waals surface area contributed by atoms with Crippen molar-refractivity contribution in [3.05, 3.63) is 71.7 Å². The van der Waals surface area contributed by atoms with Gasteiger partial charge in [-0.3, -0.25) is 14.6 Å². The second-order valence-electron chi connectivity index (χ2n) is 6.52. The Hall–Kier alpha value is -3.60. The zero-order valence-corrected chi connectivity index (χ0v) is 17.1. The first-order chi connectivity index (χ1) is 15.1. The maximum atomic E-state index is 12.5. The summed E-state index contributed by atoms with van der Waals surface area (Å²) in [5, 5.41) is 9.85. The van der Waals surface area contributed by atoms with Gasteiger partial charge in [0.25, 0.3) is 5.91 Å². The number of hydrogen-bond acceptors (Lipinski definition) is 5. The van der Waals surface area contributed by atoms with Gasteiger partial charge in [-0.05, 0) is 42.1 Å². The van der Waals surface area contributed by atoms with Crippen LogP contribution < -0.4 is 5.32 Å². The Kier molecular flexibility index (Phi) is 6.98. The van der Waals surface area contributed by atoms with Crippen molar-refractivity contribution in [2.75, 3.05) is 6.54 Å². The fourth-order valence-corrected chi connectivity index (χ4v) is 3.53. The van der Waals surface area contributed by atoms with Crippen molar-refractivity contribution in [1.82, 2.24) is 15.3 Å². The second-order valence-corrected chi connectivity index (χ2v) is 7.56. The number of pyridine rings is 1. The van der Waals surface area contributed by atoms with Crippen LogP contribution in [-0.2, 0) is 11.2 Å². The van der Waals surface area contributed by atoms with Gasteiger partial charge in [0.1, 0.15) is 5.69 Å². The van der Waals surface area contributed by atoms with Crippen LogP contribution in [0.5, 0.6) is 0 Å². The predicted octanol–water partition coefficient (Wildman–Crippen LogP) is 3.93. The van der Waals surface area contributed by atoms with E-state index in [-0.39, 0.29) is 11.0 Å². The molecule has 0 saturated carbocycles. The number of alkyl halides is 3. The molecule has 0 radical (unpaired) electrons. The highest BCUT2D eigenvalue weighted by atomic mass is 32.2. The smallest absolute Gasteiger partial charge is 0.475 e. The van der Waals surface area contributed by atoms with Crippen LogP contribution in [0.15, 0.2) is 59.6 Å². The number of aromatic amines is 1. The zero-order chi connectivity index (χ0) is 23.3. The van der Waals surface area contributed by atoms with Crippen LogP contribution in [0.4, 0.5) is 13.2 Å². The number of carbonyl (C=O) groups is 3. The number of hydrogen-bond donors (Lipinski definition) is 3. The molecule has 4 rings (SSSR count). The van der Waals surface area contributed by atoms with Gasteiger partial charge in [0.05, 0.1) is 5.56 Å². The van der Waals surface area contributed by atoms with E-state index < -0.39 is 12.1 Å². The third-order valence-electron chi connectivity index (χ3n) is 4.28. The summed E-state index contributed by atoms with van der Waals surface area (Å²) in [6.07, 6.45) is -2.68. The van der Waals surface area contributed by atoms with Crippen molar-refractivity contribution in [2.24, 2.45) is 0 Å². The molecule has 2 aromatic heterocycles. The molecule has 1 aliphatic rings. The number of thioether (sulfide) groups is 1. The van der Waals surface area contributed by atoms with Crippen LogP contribution in [0.1, 0.15) is 26.5 Å². The molecule has 7 nitrogen and oxygen atoms in total. The molecule has 0 unspecified atom stereocenters. The molecule has 3 N–H and O–H groups in total. The fraction of sp³-hybridized carbons (Fsp3) is 0.143. The van der Waals surface area contributed by atoms with Gasteiger partial charge in [-0.15, -0.1) is 0 Å². The van der Waals surface area contributed by atoms with Crippen molar-refractivity contribution in [3.63, 3.8) is 0 Å². The number of carboxylic acids is 1. The number of carboxylic acid groups (broad SMARTS) is 1. The summed E-state index contributed by atoms with van der Waals surface area (Å²) in [5.41, 5.74) is 3.66. The maximum Gasteiger partial charge on any atom is 0.490 e. The predicted molar refractivity (Wildman–Crippen MR) is 110 cm³/mol. The van der Waals surface area contributed by atoms with E-state index in [1.165, 1.54) is 0 Å². The summed E-state index contributed by atoms with van der Waals surface area (Å²) in [7, 11) is 0. The van der Waals surface area contributed by atoms with Gasteiger partial charge < -0.3 is 15.4 Å². The first kappa shape index (κ1) is 23.1. The average molecular weight is 463 g/mol. The number of nitrogens with zero attached hydrogens (tertiary/aromatic N) is 1. The molecule has 32 heavy (non-hydrogen) atoms. The normalized spacial score (nSPS) is 12.8. The molecule has 0 aliphatic carbocycles. The second kappa shape index (κ2) is 9.69. The molecule has 0 atom stereocenters. The zero-order valence-electron chi connectivity index (χ0n) is 16.3. The molecule has 3 aromatic rings. The fourth-order valence-electron chi connectivity index (χ4n) is 2.81. The molecule has 1 aliphatic heterocycles. The lowest BCUT2D eigenvalue weighted by Crippen LogP contribution is -2.31. The van der Waals surface area contributed by atoms with E-state index in [1.54, 1.807) is 12.3 Å². The van der Waals surface area contributed by atoms with E-state index in [4.69, 9.17) is 9.90 Å². The molecular weight excluding hydrogens is 447 g/mol. The number of aromatic nitrogens is 2. The van der Waals surface area contributed by atoms with E-state index in [1.807, 2.05) is 42.5 Å². The Bertz CT molecular complexity index is 1150. The summed E-state index contributed by atoms with van der Waals surface area (Å²) < 4.78 is 31.7. The highest BCUT2D eigenvalue weighted by molar-refractivity contribution is 8.14. The summed E-state index contributed by atoms with van der Waals surface area (Å²) in [4.78, 5) is 41.6. The number of fused-ring (bicyclic) bond motifs is 1. The first-order valence-electron chi connectivity index (χ1n) is 9.19. The van der Waals surface area contributed by atoms with Crippen LogP contribution >= 0.6 is 11.8 Å². The molecule has 1 amide bonds. The number of nitrogens with one attached hydrogen (secondary N) is 2. The van der Waals surface area contributed by atoms with Crippen molar-refractivity contribution in [1.29, 1.82) is 0 Å². The molecule has 0 fully saturated rings. The van der Waals surface area contributed by atoms with E-state index >= 15 is 0 Å². The van der Waals surface area contributed by atoms with Gasteiger partial charge in [0.2, 0.25) is 5.12 Å². The molecular formula is C21H16F3N3O4S. The maximum absolute atomic E-state index is 12.5. The third-order valence-corrected chi connectivity index (χ3v) is 5.18. The molecule has 0 spiro atoms. The minimum absolute atomic E-state index is 0.0614. The van der Waals surface area contributed by atoms with Gasteiger partial charge in [-0.25, -0.2) is 4.79 Å². The quantitative estimate of drug-likeness (QED) is 0.508. The van der Waals surface area contributed by atoms with Gasteiger partial charge in [-0.1, -0.05) is 18.2 Å². The third kappa shape index (κ3) is 5.76. The number of benzene rings is 1. The number of carbonyl (C=O) groups excluding carboxylic acids is 2. The van der Waals surface area contributed by atoms with E-state index in [0.29, 0.717) is 17.8 Å². The summed E-state index contributed by atoms with van der Waals surface area (Å²) in [5.74, 6) is -2.82. The van der Waals surface area contributed by atoms with Crippen LogP contribution in [0.3, 0.4) is 0 Å². The Morgan fingerprint density at radius 3 is 2.41 bits per heavy atom. The summed E-state index contributed by atoms with van der Waals surface area (Å²) in [6.45, 7) is 0.638. The van der Waals surface area contributed by atoms with Crippen LogP contribution in [0.25, 0.3) is 11.3 Å². The number of amides is 1. The van der Waals surface area contributed by atoms with Crippen LogP contribution in [-0.4, -0.2) is 44.8 Å². The summed E-state index contributed by atoms with van der Waals surface area (Å²) in [6, 6.07) is 14.9. The largest absolute Gasteiger partial charge is 0.490 e. The highest BCUT2D eigenvalue weighted by Gasteiger charge is 2.38. The van der Waals surface area contributed by atoms with E-state index in [0.717, 1.165) is 40.0 Å². The minimum Gasteiger partial charge on any atom is -0.475 e. The molecule has 166 valence electrons. The Labute approximate surface area is 184 Å². The first-order valence-corrected chi connectivity index (χ1v) is 10.0. The molecule has 3 heterocycles. The van der Waals surface area contributed by atoms with Crippen LogP contribution in [0.2, 0.25) is 0 Å². The average Bonchev–Trinajstić information content (AvgIpc) is 3.20. The van der Waals surface area contributed by atoms with Crippen LogP contribution in [0, 0.1) is 0 Å². The minimum atomic E-state index is -5.08. The van der Waals surface area contributed by atoms with E-state index in [9.17, 15) is 22.8 Å². The summed E-state index contributed by atoms with van der Waals surface area (Å²) >= 11 is 1.15. The van der Waals surface area contributed by atoms with Gasteiger partial charge in [-0.2, -0.15) is 13.2 Å². The van der Waals surface area contributed by atoms with Gasteiger partial charge >= 0.3 is 12.1 Å². The van der Waals surface area contributed by atoms with Crippen molar-refractivity contribution >= 4 is 28.8 Å². The van der Waals surface area contributed by atoms with Gasteiger partial charge in [0.15, 0.2) is 0 Å². The monoisotopic (exact) mass is 463 g/mol. The molecule has 1 aromatic carbocycles.